The van der Waals surface area contributed by atoms with E-state index in [-0.39, 0.29) is 18.3 Å². The number of amides is 1. The predicted octanol–water partition coefficient (Wildman–Crippen LogP) is 0.516. The van der Waals surface area contributed by atoms with Crippen molar-refractivity contribution in [1.29, 1.82) is 0 Å². The molecule has 0 atom stereocenters. The Balaban J connectivity index is 1.71. The molecule has 5 nitrogen and oxygen atoms in total. The van der Waals surface area contributed by atoms with Gasteiger partial charge in [-0.15, -0.1) is 0 Å². The van der Waals surface area contributed by atoms with Gasteiger partial charge in [0, 0.05) is 31.9 Å². The van der Waals surface area contributed by atoms with Crippen LogP contribution in [0.1, 0.15) is 0 Å². The van der Waals surface area contributed by atoms with Gasteiger partial charge >= 0.3 is 0 Å². The number of nitrogens with one attached hydrogen (secondary N) is 2. The molecule has 0 radical (unpaired) electrons. The molecule has 104 valence electrons. The van der Waals surface area contributed by atoms with Gasteiger partial charge in [0.25, 0.3) is 0 Å². The number of halogens is 1. The van der Waals surface area contributed by atoms with Crippen LogP contribution in [0.25, 0.3) is 0 Å². The maximum absolute atomic E-state index is 12.7. The SMILES string of the molecule is CN1CCN(NCC(=O)Nc2ccc(F)cc2)CC1. The average molecular weight is 266 g/mol. The molecule has 0 saturated carbocycles. The molecule has 1 aliphatic heterocycles. The maximum atomic E-state index is 12.7. The Kier molecular flexibility index (Phi) is 4.84. The van der Waals surface area contributed by atoms with Gasteiger partial charge < -0.3 is 10.2 Å². The zero-order valence-corrected chi connectivity index (χ0v) is 11.0. The zero-order chi connectivity index (χ0) is 13.7. The molecule has 0 spiro atoms. The summed E-state index contributed by atoms with van der Waals surface area (Å²) in [5, 5.41) is 4.76. The largest absolute Gasteiger partial charge is 0.325 e. The van der Waals surface area contributed by atoms with E-state index in [0.29, 0.717) is 5.69 Å². The van der Waals surface area contributed by atoms with E-state index in [1.54, 1.807) is 12.1 Å². The number of anilines is 1. The Morgan fingerprint density at radius 3 is 2.47 bits per heavy atom. The minimum Gasteiger partial charge on any atom is -0.325 e. The van der Waals surface area contributed by atoms with Crippen molar-refractivity contribution >= 4 is 11.6 Å². The molecule has 0 bridgehead atoms. The second-order valence-electron chi connectivity index (χ2n) is 4.68. The van der Waals surface area contributed by atoms with Crippen molar-refractivity contribution in [2.24, 2.45) is 0 Å². The van der Waals surface area contributed by atoms with Crippen LogP contribution in [0.3, 0.4) is 0 Å². The van der Waals surface area contributed by atoms with E-state index < -0.39 is 0 Å². The third kappa shape index (κ3) is 4.59. The quantitative estimate of drug-likeness (QED) is 0.834. The number of rotatable bonds is 4. The van der Waals surface area contributed by atoms with E-state index in [9.17, 15) is 9.18 Å². The van der Waals surface area contributed by atoms with Gasteiger partial charge in [0.1, 0.15) is 5.82 Å². The lowest BCUT2D eigenvalue weighted by Gasteiger charge is -2.32. The van der Waals surface area contributed by atoms with E-state index in [4.69, 9.17) is 0 Å². The summed E-state index contributed by atoms with van der Waals surface area (Å²) >= 11 is 0. The van der Waals surface area contributed by atoms with Crippen molar-refractivity contribution in [2.75, 3.05) is 45.1 Å². The molecule has 1 aromatic rings. The molecule has 1 fully saturated rings. The Labute approximate surface area is 112 Å². The van der Waals surface area contributed by atoms with Crippen LogP contribution in [0.2, 0.25) is 0 Å². The second-order valence-corrected chi connectivity index (χ2v) is 4.68. The Morgan fingerprint density at radius 2 is 1.84 bits per heavy atom. The maximum Gasteiger partial charge on any atom is 0.239 e. The van der Waals surface area contributed by atoms with E-state index in [2.05, 4.69) is 22.7 Å². The lowest BCUT2D eigenvalue weighted by Crippen LogP contribution is -2.52. The van der Waals surface area contributed by atoms with Gasteiger partial charge in [-0.2, -0.15) is 0 Å². The van der Waals surface area contributed by atoms with Gasteiger partial charge in [0.05, 0.1) is 6.54 Å². The van der Waals surface area contributed by atoms with E-state index in [0.717, 1.165) is 26.2 Å². The number of carbonyl (C=O) groups excluding carboxylic acids is 1. The topological polar surface area (TPSA) is 47.6 Å². The molecule has 1 saturated heterocycles. The molecule has 1 aromatic carbocycles. The molecule has 19 heavy (non-hydrogen) atoms. The zero-order valence-electron chi connectivity index (χ0n) is 11.0. The minimum absolute atomic E-state index is 0.134. The van der Waals surface area contributed by atoms with E-state index in [1.807, 2.05) is 5.01 Å². The summed E-state index contributed by atoms with van der Waals surface area (Å²) in [5.41, 5.74) is 3.70. The van der Waals surface area contributed by atoms with Crippen LogP contribution < -0.4 is 10.7 Å². The number of piperazine rings is 1. The minimum atomic E-state index is -0.312. The number of nitrogens with zero attached hydrogens (tertiary/aromatic N) is 2. The normalized spacial score (nSPS) is 17.4. The van der Waals surface area contributed by atoms with Gasteiger partial charge in [0.15, 0.2) is 0 Å². The van der Waals surface area contributed by atoms with Crippen LogP contribution in [-0.4, -0.2) is 55.6 Å². The van der Waals surface area contributed by atoms with E-state index >= 15 is 0 Å². The summed E-state index contributed by atoms with van der Waals surface area (Å²) in [6.07, 6.45) is 0. The number of hydrogen-bond acceptors (Lipinski definition) is 4. The summed E-state index contributed by atoms with van der Waals surface area (Å²) < 4.78 is 12.7. The number of hydrazine groups is 1. The fourth-order valence-corrected chi connectivity index (χ4v) is 1.89. The summed E-state index contributed by atoms with van der Waals surface area (Å²) in [5.74, 6) is -0.445. The first-order valence-corrected chi connectivity index (χ1v) is 6.36. The number of likely N-dealkylation sites (N-methyl/N-ethyl adjacent to an activating group) is 1. The van der Waals surface area contributed by atoms with Crippen LogP contribution in [-0.2, 0) is 4.79 Å². The third-order valence-electron chi connectivity index (χ3n) is 3.09. The predicted molar refractivity (Wildman–Crippen MR) is 72.1 cm³/mol. The molecule has 1 heterocycles. The van der Waals surface area contributed by atoms with Crippen molar-refractivity contribution < 1.29 is 9.18 Å². The van der Waals surface area contributed by atoms with Gasteiger partial charge in [-0.25, -0.2) is 14.8 Å². The standard InChI is InChI=1S/C13H19FN4O/c1-17-6-8-18(9-7-17)15-10-13(19)16-12-4-2-11(14)3-5-12/h2-5,15H,6-10H2,1H3,(H,16,19). The molecular weight excluding hydrogens is 247 g/mol. The molecular formula is C13H19FN4O. The number of benzene rings is 1. The first-order chi connectivity index (χ1) is 9.13. The van der Waals surface area contributed by atoms with Crippen LogP contribution >= 0.6 is 0 Å². The smallest absolute Gasteiger partial charge is 0.239 e. The molecule has 0 unspecified atom stereocenters. The molecule has 6 heteroatoms. The Hall–Kier alpha value is -1.50. The van der Waals surface area contributed by atoms with Crippen LogP contribution in [0, 0.1) is 5.82 Å². The first kappa shape index (κ1) is 13.9. The van der Waals surface area contributed by atoms with Crippen molar-refractivity contribution in [3.05, 3.63) is 30.1 Å². The average Bonchev–Trinajstić information content (AvgIpc) is 2.41. The Morgan fingerprint density at radius 1 is 1.21 bits per heavy atom. The van der Waals surface area contributed by atoms with Gasteiger partial charge in [-0.1, -0.05) is 0 Å². The summed E-state index contributed by atoms with van der Waals surface area (Å²) in [7, 11) is 2.08. The first-order valence-electron chi connectivity index (χ1n) is 6.36. The fraction of sp³-hybridized carbons (Fsp3) is 0.462. The van der Waals surface area contributed by atoms with E-state index in [1.165, 1.54) is 12.1 Å². The van der Waals surface area contributed by atoms with Crippen LogP contribution in [0.4, 0.5) is 10.1 Å². The highest BCUT2D eigenvalue weighted by atomic mass is 19.1. The third-order valence-corrected chi connectivity index (χ3v) is 3.09. The highest BCUT2D eigenvalue weighted by molar-refractivity contribution is 5.92. The highest BCUT2D eigenvalue weighted by Crippen LogP contribution is 2.07. The van der Waals surface area contributed by atoms with Crippen molar-refractivity contribution in [3.63, 3.8) is 0 Å². The number of hydrogen-bond donors (Lipinski definition) is 2. The van der Waals surface area contributed by atoms with Crippen LogP contribution in [0.5, 0.6) is 0 Å². The molecule has 0 aliphatic carbocycles. The monoisotopic (exact) mass is 266 g/mol. The Bertz CT molecular complexity index is 415. The van der Waals surface area contributed by atoms with Gasteiger partial charge in [0.2, 0.25) is 5.91 Å². The molecule has 2 N–H and O–H groups in total. The van der Waals surface area contributed by atoms with Gasteiger partial charge in [-0.3, -0.25) is 4.79 Å². The lowest BCUT2D eigenvalue weighted by molar-refractivity contribution is -0.116. The molecule has 1 amide bonds. The van der Waals surface area contributed by atoms with Crippen molar-refractivity contribution in [3.8, 4) is 0 Å². The summed E-state index contributed by atoms with van der Waals surface area (Å²) in [4.78, 5) is 13.9. The molecule has 2 rings (SSSR count). The molecule has 1 aliphatic rings. The van der Waals surface area contributed by atoms with Crippen LogP contribution in [0.15, 0.2) is 24.3 Å². The lowest BCUT2D eigenvalue weighted by atomic mass is 10.3. The van der Waals surface area contributed by atoms with Gasteiger partial charge in [-0.05, 0) is 31.3 Å². The summed E-state index contributed by atoms with van der Waals surface area (Å²) in [6.45, 7) is 4.01. The van der Waals surface area contributed by atoms with Crippen molar-refractivity contribution in [2.45, 2.75) is 0 Å². The highest BCUT2D eigenvalue weighted by Gasteiger charge is 2.14. The summed E-state index contributed by atoms with van der Waals surface area (Å²) in [6, 6.07) is 5.74. The number of carbonyl (C=O) groups is 1. The fourth-order valence-electron chi connectivity index (χ4n) is 1.89. The second kappa shape index (κ2) is 6.60. The molecule has 0 aromatic heterocycles. The van der Waals surface area contributed by atoms with Crippen molar-refractivity contribution in [1.82, 2.24) is 15.3 Å².